The van der Waals surface area contributed by atoms with E-state index in [1.807, 2.05) is 13.0 Å². The first kappa shape index (κ1) is 12.5. The van der Waals surface area contributed by atoms with Gasteiger partial charge in [-0.1, -0.05) is 6.07 Å². The van der Waals surface area contributed by atoms with Crippen molar-refractivity contribution < 1.29 is 4.74 Å². The number of nitrogens with zero attached hydrogens (tertiary/aromatic N) is 1. The van der Waals surface area contributed by atoms with Crippen molar-refractivity contribution in [3.63, 3.8) is 0 Å². The lowest BCUT2D eigenvalue weighted by Crippen LogP contribution is -2.18. The maximum Gasteiger partial charge on any atom is 0.128 e. The molecule has 1 fully saturated rings. The third kappa shape index (κ3) is 2.92. The summed E-state index contributed by atoms with van der Waals surface area (Å²) >= 11 is 0. The highest BCUT2D eigenvalue weighted by Gasteiger charge is 2.19. The average Bonchev–Trinajstić information content (AvgIpc) is 3.15. The minimum atomic E-state index is 0.718. The molecule has 1 N–H and O–H groups in total. The number of hydrogen-bond donors (Lipinski definition) is 1. The molecule has 0 atom stereocenters. The molecule has 3 nitrogen and oxygen atoms in total. The molecule has 0 amide bonds. The van der Waals surface area contributed by atoms with E-state index in [2.05, 4.69) is 34.3 Å². The van der Waals surface area contributed by atoms with Gasteiger partial charge in [0.15, 0.2) is 0 Å². The van der Waals surface area contributed by atoms with E-state index in [1.54, 1.807) is 0 Å². The second kappa shape index (κ2) is 5.66. The normalized spacial score (nSPS) is 15.0. The Balaban J connectivity index is 1.67. The summed E-state index contributed by atoms with van der Waals surface area (Å²) in [5, 5.41) is 4.78. The van der Waals surface area contributed by atoms with Crippen LogP contribution in [0.15, 0.2) is 30.5 Å². The molecular formula is C16H22N2O. The summed E-state index contributed by atoms with van der Waals surface area (Å²) in [7, 11) is 0. The Morgan fingerprint density at radius 2 is 2.21 bits per heavy atom. The zero-order chi connectivity index (χ0) is 13.1. The lowest BCUT2D eigenvalue weighted by Gasteiger charge is -2.08. The molecular weight excluding hydrogens is 236 g/mol. The standard InChI is InChI=1S/C16H22N2O/c1-2-19-16-6-3-5-15-14(16)9-12-18(15)11-4-10-17-13-7-8-13/h3,5-6,9,12-13,17H,2,4,7-8,10-11H2,1H3. The van der Waals surface area contributed by atoms with E-state index in [-0.39, 0.29) is 0 Å². The van der Waals surface area contributed by atoms with Crippen LogP contribution < -0.4 is 10.1 Å². The monoisotopic (exact) mass is 258 g/mol. The minimum absolute atomic E-state index is 0.718. The number of benzene rings is 1. The first-order chi connectivity index (χ1) is 9.38. The molecule has 0 bridgehead atoms. The molecule has 102 valence electrons. The van der Waals surface area contributed by atoms with Crippen molar-refractivity contribution in [3.05, 3.63) is 30.5 Å². The third-order valence-electron chi connectivity index (χ3n) is 3.66. The van der Waals surface area contributed by atoms with Crippen molar-refractivity contribution in [1.29, 1.82) is 0 Å². The highest BCUT2D eigenvalue weighted by molar-refractivity contribution is 5.86. The van der Waals surface area contributed by atoms with E-state index in [4.69, 9.17) is 4.74 Å². The van der Waals surface area contributed by atoms with Gasteiger partial charge in [0.2, 0.25) is 0 Å². The molecule has 1 saturated carbocycles. The third-order valence-corrected chi connectivity index (χ3v) is 3.66. The molecule has 0 radical (unpaired) electrons. The summed E-state index contributed by atoms with van der Waals surface area (Å²) in [5.74, 6) is 0.995. The van der Waals surface area contributed by atoms with Gasteiger partial charge in [0.1, 0.15) is 5.75 Å². The molecule has 1 aliphatic carbocycles. The fourth-order valence-corrected chi connectivity index (χ4v) is 2.51. The van der Waals surface area contributed by atoms with E-state index in [1.165, 1.54) is 30.2 Å². The zero-order valence-electron chi connectivity index (χ0n) is 11.6. The van der Waals surface area contributed by atoms with Crippen LogP contribution in [0.25, 0.3) is 10.9 Å². The van der Waals surface area contributed by atoms with Crippen LogP contribution in [-0.4, -0.2) is 23.8 Å². The summed E-state index contributed by atoms with van der Waals surface area (Å²) < 4.78 is 8.00. The van der Waals surface area contributed by atoms with Crippen molar-refractivity contribution in [2.45, 2.75) is 38.8 Å². The van der Waals surface area contributed by atoms with Crippen LogP contribution in [0.2, 0.25) is 0 Å². The van der Waals surface area contributed by atoms with Gasteiger partial charge in [0, 0.05) is 24.2 Å². The minimum Gasteiger partial charge on any atom is -0.493 e. The molecule has 3 rings (SSSR count). The number of nitrogens with one attached hydrogen (secondary N) is 1. The fraction of sp³-hybridized carbons (Fsp3) is 0.500. The fourth-order valence-electron chi connectivity index (χ4n) is 2.51. The first-order valence-electron chi connectivity index (χ1n) is 7.32. The number of aryl methyl sites for hydroxylation is 1. The lowest BCUT2D eigenvalue weighted by molar-refractivity contribution is 0.344. The molecule has 0 spiro atoms. The smallest absolute Gasteiger partial charge is 0.128 e. The Morgan fingerprint density at radius 3 is 3.00 bits per heavy atom. The van der Waals surface area contributed by atoms with Crippen molar-refractivity contribution in [2.75, 3.05) is 13.2 Å². The van der Waals surface area contributed by atoms with Crippen LogP contribution in [0, 0.1) is 0 Å². The van der Waals surface area contributed by atoms with Gasteiger partial charge in [-0.3, -0.25) is 0 Å². The van der Waals surface area contributed by atoms with Crippen molar-refractivity contribution >= 4 is 10.9 Å². The average molecular weight is 258 g/mol. The molecule has 0 saturated heterocycles. The Labute approximate surface area is 114 Å². The second-order valence-electron chi connectivity index (χ2n) is 5.21. The lowest BCUT2D eigenvalue weighted by atomic mass is 10.2. The molecule has 19 heavy (non-hydrogen) atoms. The predicted octanol–water partition coefficient (Wildman–Crippen LogP) is 3.18. The molecule has 2 aromatic rings. The largest absolute Gasteiger partial charge is 0.493 e. The van der Waals surface area contributed by atoms with Gasteiger partial charge in [-0.05, 0) is 50.9 Å². The van der Waals surface area contributed by atoms with Gasteiger partial charge in [-0.25, -0.2) is 0 Å². The van der Waals surface area contributed by atoms with Gasteiger partial charge in [-0.15, -0.1) is 0 Å². The van der Waals surface area contributed by atoms with Crippen molar-refractivity contribution in [3.8, 4) is 5.75 Å². The molecule has 1 heterocycles. The van der Waals surface area contributed by atoms with Crippen molar-refractivity contribution in [1.82, 2.24) is 9.88 Å². The summed E-state index contributed by atoms with van der Waals surface area (Å²) in [4.78, 5) is 0. The maximum absolute atomic E-state index is 5.67. The first-order valence-corrected chi connectivity index (χ1v) is 7.32. The van der Waals surface area contributed by atoms with Crippen LogP contribution in [-0.2, 0) is 6.54 Å². The van der Waals surface area contributed by atoms with E-state index in [0.717, 1.165) is 31.5 Å². The highest BCUT2D eigenvalue weighted by Crippen LogP contribution is 2.26. The Morgan fingerprint density at radius 1 is 1.32 bits per heavy atom. The zero-order valence-corrected chi connectivity index (χ0v) is 11.6. The number of rotatable bonds is 7. The van der Waals surface area contributed by atoms with E-state index < -0.39 is 0 Å². The molecule has 1 aromatic carbocycles. The quantitative estimate of drug-likeness (QED) is 0.772. The molecule has 0 unspecified atom stereocenters. The van der Waals surface area contributed by atoms with Crippen LogP contribution in [0.3, 0.4) is 0 Å². The molecule has 1 aromatic heterocycles. The van der Waals surface area contributed by atoms with E-state index in [0.29, 0.717) is 0 Å². The van der Waals surface area contributed by atoms with Crippen molar-refractivity contribution in [2.24, 2.45) is 0 Å². The Hall–Kier alpha value is -1.48. The number of hydrogen-bond acceptors (Lipinski definition) is 2. The summed E-state index contributed by atoms with van der Waals surface area (Å²) in [6.07, 6.45) is 6.08. The Kier molecular flexibility index (Phi) is 3.74. The van der Waals surface area contributed by atoms with Gasteiger partial charge in [-0.2, -0.15) is 0 Å². The van der Waals surface area contributed by atoms with E-state index >= 15 is 0 Å². The summed E-state index contributed by atoms with van der Waals surface area (Å²) in [5.41, 5.74) is 1.28. The number of ether oxygens (including phenoxy) is 1. The van der Waals surface area contributed by atoms with Gasteiger partial charge in [0.05, 0.1) is 12.1 Å². The summed E-state index contributed by atoms with van der Waals surface area (Å²) in [6, 6.07) is 9.27. The topological polar surface area (TPSA) is 26.2 Å². The van der Waals surface area contributed by atoms with Crippen LogP contribution >= 0.6 is 0 Å². The van der Waals surface area contributed by atoms with Gasteiger partial charge in [0.25, 0.3) is 0 Å². The summed E-state index contributed by atoms with van der Waals surface area (Å²) in [6.45, 7) is 4.93. The van der Waals surface area contributed by atoms with Gasteiger partial charge < -0.3 is 14.6 Å². The molecule has 0 aliphatic heterocycles. The highest BCUT2D eigenvalue weighted by atomic mass is 16.5. The van der Waals surface area contributed by atoms with Gasteiger partial charge >= 0.3 is 0 Å². The number of aromatic nitrogens is 1. The van der Waals surface area contributed by atoms with Crippen LogP contribution in [0.5, 0.6) is 5.75 Å². The maximum atomic E-state index is 5.67. The SMILES string of the molecule is CCOc1cccc2c1ccn2CCCNC1CC1. The number of fused-ring (bicyclic) bond motifs is 1. The molecule has 3 heteroatoms. The van der Waals surface area contributed by atoms with Crippen LogP contribution in [0.1, 0.15) is 26.2 Å². The Bertz CT molecular complexity index is 543. The predicted molar refractivity (Wildman–Crippen MR) is 78.7 cm³/mol. The van der Waals surface area contributed by atoms with Crippen LogP contribution in [0.4, 0.5) is 0 Å². The van der Waals surface area contributed by atoms with E-state index in [9.17, 15) is 0 Å². The second-order valence-corrected chi connectivity index (χ2v) is 5.21. The molecule has 1 aliphatic rings.